The van der Waals surface area contributed by atoms with Gasteiger partial charge in [0.25, 0.3) is 5.03 Å². The standard InChI is InChI=1S/C17H24N2O4S2/c20-16(12-24-17-8-4-5-10-18(17)21)19(14-6-2-1-3-7-14)15-9-11-25(22,23)13-15/h4-5,8,10,14-15H,1-3,6-7,9,11-13H2/t15-/m0/s1. The minimum Gasteiger partial charge on any atom is -0.618 e. The molecule has 2 fully saturated rings. The molecule has 1 saturated heterocycles. The summed E-state index contributed by atoms with van der Waals surface area (Å²) in [6.45, 7) is 0. The summed E-state index contributed by atoms with van der Waals surface area (Å²) in [4.78, 5) is 14.8. The van der Waals surface area contributed by atoms with E-state index in [4.69, 9.17) is 0 Å². The van der Waals surface area contributed by atoms with E-state index in [9.17, 15) is 18.4 Å². The fraction of sp³-hybridized carbons (Fsp3) is 0.647. The third-order valence-corrected chi connectivity index (χ3v) is 7.74. The zero-order valence-corrected chi connectivity index (χ0v) is 15.8. The van der Waals surface area contributed by atoms with Crippen molar-refractivity contribution >= 4 is 27.5 Å². The summed E-state index contributed by atoms with van der Waals surface area (Å²) in [5.41, 5.74) is 0. The van der Waals surface area contributed by atoms with E-state index in [1.165, 1.54) is 24.4 Å². The molecule has 25 heavy (non-hydrogen) atoms. The van der Waals surface area contributed by atoms with Gasteiger partial charge in [0.05, 0.1) is 17.3 Å². The molecule has 138 valence electrons. The monoisotopic (exact) mass is 384 g/mol. The summed E-state index contributed by atoms with van der Waals surface area (Å²) in [5, 5.41) is 12.2. The van der Waals surface area contributed by atoms with E-state index in [1.54, 1.807) is 18.2 Å². The second kappa shape index (κ2) is 7.95. The third-order valence-electron chi connectivity index (χ3n) is 4.99. The summed E-state index contributed by atoms with van der Waals surface area (Å²) in [7, 11) is -3.04. The van der Waals surface area contributed by atoms with Crippen molar-refractivity contribution in [1.29, 1.82) is 0 Å². The fourth-order valence-corrected chi connectivity index (χ4v) is 6.29. The molecule has 0 aromatic carbocycles. The molecule has 1 amide bonds. The van der Waals surface area contributed by atoms with Crippen molar-refractivity contribution in [3.05, 3.63) is 29.6 Å². The second-order valence-corrected chi connectivity index (χ2v) is 10.0. The van der Waals surface area contributed by atoms with Crippen molar-refractivity contribution in [1.82, 2.24) is 4.90 Å². The number of hydrogen-bond acceptors (Lipinski definition) is 5. The Kier molecular flexibility index (Phi) is 5.89. The first-order valence-corrected chi connectivity index (χ1v) is 11.6. The number of nitrogens with zero attached hydrogens (tertiary/aromatic N) is 2. The SMILES string of the molecule is O=C(CSc1cccc[n+]1[O-])N(C1CCCCC1)[C@H]1CCS(=O)(=O)C1. The number of hydrogen-bond donors (Lipinski definition) is 0. The molecule has 1 atom stereocenters. The van der Waals surface area contributed by atoms with Gasteiger partial charge in [0.15, 0.2) is 16.0 Å². The van der Waals surface area contributed by atoms with E-state index < -0.39 is 9.84 Å². The lowest BCUT2D eigenvalue weighted by Crippen LogP contribution is -2.49. The highest BCUT2D eigenvalue weighted by atomic mass is 32.2. The van der Waals surface area contributed by atoms with Crippen LogP contribution in [0, 0.1) is 5.21 Å². The molecule has 0 radical (unpaired) electrons. The average molecular weight is 385 g/mol. The normalized spacial score (nSPS) is 23.4. The van der Waals surface area contributed by atoms with E-state index >= 15 is 0 Å². The van der Waals surface area contributed by atoms with Crippen LogP contribution in [0.1, 0.15) is 38.5 Å². The Labute approximate surface area is 153 Å². The van der Waals surface area contributed by atoms with Gasteiger partial charge in [-0.25, -0.2) is 8.42 Å². The van der Waals surface area contributed by atoms with Gasteiger partial charge in [0.1, 0.15) is 0 Å². The number of thioether (sulfide) groups is 1. The minimum atomic E-state index is -3.04. The van der Waals surface area contributed by atoms with Crippen molar-refractivity contribution in [2.45, 2.75) is 55.6 Å². The van der Waals surface area contributed by atoms with Crippen LogP contribution in [0.25, 0.3) is 0 Å². The smallest absolute Gasteiger partial charge is 0.251 e. The fourth-order valence-electron chi connectivity index (χ4n) is 3.79. The van der Waals surface area contributed by atoms with Crippen molar-refractivity contribution in [3.63, 3.8) is 0 Å². The number of aromatic nitrogens is 1. The Hall–Kier alpha value is -1.28. The zero-order valence-electron chi connectivity index (χ0n) is 14.2. The molecular formula is C17H24N2O4S2. The highest BCUT2D eigenvalue weighted by Gasteiger charge is 2.38. The Balaban J connectivity index is 1.71. The number of sulfone groups is 1. The van der Waals surface area contributed by atoms with Crippen molar-refractivity contribution in [2.75, 3.05) is 17.3 Å². The molecule has 1 saturated carbocycles. The quantitative estimate of drug-likeness (QED) is 0.439. The molecule has 8 heteroatoms. The van der Waals surface area contributed by atoms with Gasteiger partial charge in [-0.05, 0) is 37.1 Å². The highest BCUT2D eigenvalue weighted by Crippen LogP contribution is 2.29. The number of carbonyl (C=O) groups excluding carboxylic acids is 1. The molecule has 1 aliphatic carbocycles. The van der Waals surface area contributed by atoms with E-state index in [-0.39, 0.29) is 35.2 Å². The number of carbonyl (C=O) groups is 1. The Morgan fingerprint density at radius 1 is 1.20 bits per heavy atom. The van der Waals surface area contributed by atoms with Gasteiger partial charge in [-0.2, -0.15) is 4.73 Å². The van der Waals surface area contributed by atoms with Crippen molar-refractivity contribution in [2.24, 2.45) is 0 Å². The largest absolute Gasteiger partial charge is 0.618 e. The maximum Gasteiger partial charge on any atom is 0.251 e. The van der Waals surface area contributed by atoms with Crippen LogP contribution in [-0.4, -0.2) is 48.6 Å². The average Bonchev–Trinajstić information content (AvgIpc) is 2.95. The lowest BCUT2D eigenvalue weighted by molar-refractivity contribution is -0.645. The van der Waals surface area contributed by atoms with Crippen LogP contribution in [0.15, 0.2) is 29.4 Å². The van der Waals surface area contributed by atoms with Crippen molar-refractivity contribution in [3.8, 4) is 0 Å². The van der Waals surface area contributed by atoms with Crippen LogP contribution in [-0.2, 0) is 14.6 Å². The summed E-state index contributed by atoms with van der Waals surface area (Å²) >= 11 is 1.22. The summed E-state index contributed by atoms with van der Waals surface area (Å²) in [6.07, 6.45) is 7.17. The molecule has 0 unspecified atom stereocenters. The first kappa shape index (κ1) is 18.5. The van der Waals surface area contributed by atoms with Crippen molar-refractivity contribution < 1.29 is 17.9 Å². The second-order valence-electron chi connectivity index (χ2n) is 6.80. The molecule has 1 aromatic rings. The van der Waals surface area contributed by atoms with E-state index in [0.717, 1.165) is 30.4 Å². The number of rotatable bonds is 5. The molecular weight excluding hydrogens is 360 g/mol. The van der Waals surface area contributed by atoms with Gasteiger partial charge in [-0.3, -0.25) is 4.79 Å². The number of amides is 1. The molecule has 1 aromatic heterocycles. The first-order chi connectivity index (χ1) is 12.0. The van der Waals surface area contributed by atoms with Gasteiger partial charge in [0, 0.05) is 24.2 Å². The predicted molar refractivity (Wildman–Crippen MR) is 96.9 cm³/mol. The summed E-state index contributed by atoms with van der Waals surface area (Å²) in [6, 6.07) is 5.03. The minimum absolute atomic E-state index is 0.0529. The molecule has 0 spiro atoms. The topological polar surface area (TPSA) is 81.4 Å². The predicted octanol–water partition coefficient (Wildman–Crippen LogP) is 1.76. The Bertz CT molecular complexity index is 717. The van der Waals surface area contributed by atoms with Gasteiger partial charge < -0.3 is 10.1 Å². The van der Waals surface area contributed by atoms with Crippen LogP contribution in [0.2, 0.25) is 0 Å². The zero-order chi connectivity index (χ0) is 17.9. The molecule has 0 N–H and O–H groups in total. The summed E-state index contributed by atoms with van der Waals surface area (Å²) < 4.78 is 24.5. The molecule has 2 aliphatic rings. The van der Waals surface area contributed by atoms with Gasteiger partial charge in [-0.15, -0.1) is 0 Å². The maximum absolute atomic E-state index is 12.9. The highest BCUT2D eigenvalue weighted by molar-refractivity contribution is 7.99. The maximum atomic E-state index is 12.9. The lowest BCUT2D eigenvalue weighted by atomic mass is 9.93. The van der Waals surface area contributed by atoms with E-state index in [0.29, 0.717) is 11.4 Å². The molecule has 1 aliphatic heterocycles. The molecule has 3 rings (SSSR count). The van der Waals surface area contributed by atoms with Crippen LogP contribution in [0.3, 0.4) is 0 Å². The molecule has 6 nitrogen and oxygen atoms in total. The van der Waals surface area contributed by atoms with Gasteiger partial charge >= 0.3 is 0 Å². The van der Waals surface area contributed by atoms with Crippen LogP contribution in [0.5, 0.6) is 0 Å². The number of pyridine rings is 1. The Morgan fingerprint density at radius 2 is 1.96 bits per heavy atom. The molecule has 2 heterocycles. The van der Waals surface area contributed by atoms with Gasteiger partial charge in [-0.1, -0.05) is 19.3 Å². The van der Waals surface area contributed by atoms with Crippen LogP contribution >= 0.6 is 11.8 Å². The Morgan fingerprint density at radius 3 is 2.60 bits per heavy atom. The van der Waals surface area contributed by atoms with Crippen LogP contribution in [0.4, 0.5) is 0 Å². The van der Waals surface area contributed by atoms with E-state index in [1.807, 2.05) is 4.90 Å². The van der Waals surface area contributed by atoms with Crippen LogP contribution < -0.4 is 4.73 Å². The summed E-state index contributed by atoms with van der Waals surface area (Å²) in [5.74, 6) is 0.356. The lowest BCUT2D eigenvalue weighted by Gasteiger charge is -2.38. The molecule has 0 bridgehead atoms. The first-order valence-electron chi connectivity index (χ1n) is 8.79. The third kappa shape index (κ3) is 4.67. The van der Waals surface area contributed by atoms with E-state index in [2.05, 4.69) is 0 Å². The van der Waals surface area contributed by atoms with Gasteiger partial charge in [0.2, 0.25) is 5.91 Å².